The molecule has 27 heavy (non-hydrogen) atoms. The van der Waals surface area contributed by atoms with Gasteiger partial charge in [-0.1, -0.05) is 51.1 Å². The zero-order valence-electron chi connectivity index (χ0n) is 16.3. The Balaban J connectivity index is 1.74. The maximum atomic E-state index is 12.8. The van der Waals surface area contributed by atoms with Crippen LogP contribution in [0.2, 0.25) is 0 Å². The SMILES string of the molecule is CC(C)(C)c1ccc(CN2CCN(c3cccc(S(C)(=O)=O)c3)C2=O)cc1. The summed E-state index contributed by atoms with van der Waals surface area (Å²) in [5.41, 5.74) is 3.07. The third-order valence-corrected chi connectivity index (χ3v) is 5.96. The highest BCUT2D eigenvalue weighted by Gasteiger charge is 2.30. The molecule has 0 unspecified atom stereocenters. The molecule has 0 aromatic heterocycles. The van der Waals surface area contributed by atoms with Crippen molar-refractivity contribution in [3.63, 3.8) is 0 Å². The Hall–Kier alpha value is -2.34. The molecule has 0 spiro atoms. The van der Waals surface area contributed by atoms with Gasteiger partial charge in [-0.3, -0.25) is 4.90 Å². The van der Waals surface area contributed by atoms with Gasteiger partial charge in [0.15, 0.2) is 9.84 Å². The standard InChI is InChI=1S/C21H26N2O3S/c1-21(2,3)17-10-8-16(9-11-17)15-22-12-13-23(20(22)24)18-6-5-7-19(14-18)27(4,25)26/h5-11,14H,12-13,15H2,1-4H3. The topological polar surface area (TPSA) is 57.7 Å². The molecule has 1 aliphatic rings. The first-order valence-electron chi connectivity index (χ1n) is 9.02. The Bertz CT molecular complexity index is 944. The number of carbonyl (C=O) groups excluding carboxylic acids is 1. The van der Waals surface area contributed by atoms with E-state index in [2.05, 4.69) is 45.0 Å². The molecule has 144 valence electrons. The van der Waals surface area contributed by atoms with E-state index in [0.29, 0.717) is 25.3 Å². The summed E-state index contributed by atoms with van der Waals surface area (Å²) in [6.45, 7) is 8.23. The molecule has 2 aromatic carbocycles. The Morgan fingerprint density at radius 1 is 1.00 bits per heavy atom. The highest BCUT2D eigenvalue weighted by molar-refractivity contribution is 7.90. The fraction of sp³-hybridized carbons (Fsp3) is 0.381. The third kappa shape index (κ3) is 4.33. The summed E-state index contributed by atoms with van der Waals surface area (Å²) in [6, 6.07) is 14.8. The Labute approximate surface area is 161 Å². The van der Waals surface area contributed by atoms with Crippen molar-refractivity contribution in [1.82, 2.24) is 4.90 Å². The zero-order valence-corrected chi connectivity index (χ0v) is 17.1. The molecule has 0 atom stereocenters. The van der Waals surface area contributed by atoms with E-state index in [9.17, 15) is 13.2 Å². The number of sulfone groups is 1. The van der Waals surface area contributed by atoms with E-state index in [1.807, 2.05) is 0 Å². The molecule has 1 saturated heterocycles. The Morgan fingerprint density at radius 2 is 1.67 bits per heavy atom. The molecule has 0 saturated carbocycles. The van der Waals surface area contributed by atoms with Crippen molar-refractivity contribution in [1.29, 1.82) is 0 Å². The quantitative estimate of drug-likeness (QED) is 0.802. The maximum absolute atomic E-state index is 12.8. The van der Waals surface area contributed by atoms with Gasteiger partial charge in [0.1, 0.15) is 0 Å². The molecule has 6 heteroatoms. The lowest BCUT2D eigenvalue weighted by molar-refractivity contribution is 0.218. The van der Waals surface area contributed by atoms with Gasteiger partial charge >= 0.3 is 6.03 Å². The van der Waals surface area contributed by atoms with Crippen molar-refractivity contribution in [2.75, 3.05) is 24.2 Å². The van der Waals surface area contributed by atoms with E-state index >= 15 is 0 Å². The fourth-order valence-electron chi connectivity index (χ4n) is 3.18. The Kier molecular flexibility index (Phi) is 5.04. The van der Waals surface area contributed by atoms with Crippen LogP contribution in [0.25, 0.3) is 0 Å². The molecule has 1 aliphatic heterocycles. The number of hydrogen-bond acceptors (Lipinski definition) is 3. The van der Waals surface area contributed by atoms with Crippen LogP contribution in [0.1, 0.15) is 31.9 Å². The summed E-state index contributed by atoms with van der Waals surface area (Å²) in [5.74, 6) is 0. The summed E-state index contributed by atoms with van der Waals surface area (Å²) in [5, 5.41) is 0. The maximum Gasteiger partial charge on any atom is 0.324 e. The van der Waals surface area contributed by atoms with Crippen LogP contribution >= 0.6 is 0 Å². The van der Waals surface area contributed by atoms with Crippen LogP contribution in [0.3, 0.4) is 0 Å². The number of urea groups is 1. The van der Waals surface area contributed by atoms with E-state index in [0.717, 1.165) is 5.56 Å². The van der Waals surface area contributed by atoms with Gasteiger partial charge in [-0.25, -0.2) is 13.2 Å². The van der Waals surface area contributed by atoms with Crippen molar-refractivity contribution in [2.45, 2.75) is 37.6 Å². The molecule has 0 aliphatic carbocycles. The molecule has 3 rings (SSSR count). The summed E-state index contributed by atoms with van der Waals surface area (Å²) in [7, 11) is -3.30. The number of carbonyl (C=O) groups is 1. The highest BCUT2D eigenvalue weighted by Crippen LogP contribution is 2.26. The monoisotopic (exact) mass is 386 g/mol. The average molecular weight is 387 g/mol. The number of amides is 2. The van der Waals surface area contributed by atoms with E-state index in [1.165, 1.54) is 11.8 Å². The van der Waals surface area contributed by atoms with Crippen molar-refractivity contribution >= 4 is 21.6 Å². The van der Waals surface area contributed by atoms with Crippen LogP contribution in [0.15, 0.2) is 53.4 Å². The number of hydrogen-bond donors (Lipinski definition) is 0. The largest absolute Gasteiger partial charge is 0.324 e. The first kappa shape index (κ1) is 19.4. The third-order valence-electron chi connectivity index (χ3n) is 4.85. The van der Waals surface area contributed by atoms with E-state index in [1.54, 1.807) is 34.1 Å². The molecule has 2 amide bonds. The van der Waals surface area contributed by atoms with Crippen molar-refractivity contribution in [3.8, 4) is 0 Å². The predicted molar refractivity (Wildman–Crippen MR) is 108 cm³/mol. The highest BCUT2D eigenvalue weighted by atomic mass is 32.2. The lowest BCUT2D eigenvalue weighted by Crippen LogP contribution is -2.31. The lowest BCUT2D eigenvalue weighted by atomic mass is 9.87. The minimum atomic E-state index is -3.30. The lowest BCUT2D eigenvalue weighted by Gasteiger charge is -2.21. The summed E-state index contributed by atoms with van der Waals surface area (Å²) in [4.78, 5) is 16.5. The van der Waals surface area contributed by atoms with E-state index < -0.39 is 9.84 Å². The van der Waals surface area contributed by atoms with Gasteiger partial charge in [0.25, 0.3) is 0 Å². The predicted octanol–water partition coefficient (Wildman–Crippen LogP) is 3.83. The van der Waals surface area contributed by atoms with Gasteiger partial charge in [-0.15, -0.1) is 0 Å². The van der Waals surface area contributed by atoms with Gasteiger partial charge in [0, 0.05) is 31.6 Å². The second-order valence-electron chi connectivity index (χ2n) is 8.07. The van der Waals surface area contributed by atoms with Crippen molar-refractivity contribution in [2.24, 2.45) is 0 Å². The molecule has 0 N–H and O–H groups in total. The van der Waals surface area contributed by atoms with Gasteiger partial charge in [0.05, 0.1) is 4.90 Å². The van der Waals surface area contributed by atoms with Crippen molar-refractivity contribution < 1.29 is 13.2 Å². The van der Waals surface area contributed by atoms with Gasteiger partial charge in [-0.05, 0) is 34.7 Å². The van der Waals surface area contributed by atoms with Crippen LogP contribution in [-0.4, -0.2) is 38.7 Å². The smallest absolute Gasteiger partial charge is 0.318 e. The van der Waals surface area contributed by atoms with Crippen LogP contribution in [0, 0.1) is 0 Å². The zero-order chi connectivity index (χ0) is 19.8. The van der Waals surface area contributed by atoms with Crippen LogP contribution in [0.5, 0.6) is 0 Å². The number of benzene rings is 2. The van der Waals surface area contributed by atoms with Crippen LogP contribution in [0.4, 0.5) is 10.5 Å². The second kappa shape index (κ2) is 7.00. The number of anilines is 1. The first-order chi connectivity index (χ1) is 12.6. The first-order valence-corrected chi connectivity index (χ1v) is 10.9. The molecular formula is C21H26N2O3S. The molecular weight excluding hydrogens is 360 g/mol. The van der Waals surface area contributed by atoms with E-state index in [-0.39, 0.29) is 16.3 Å². The molecule has 0 bridgehead atoms. The van der Waals surface area contributed by atoms with Gasteiger partial charge < -0.3 is 4.90 Å². The normalized spacial score (nSPS) is 15.5. The number of nitrogens with zero attached hydrogens (tertiary/aromatic N) is 2. The fourth-order valence-corrected chi connectivity index (χ4v) is 3.84. The summed E-state index contributed by atoms with van der Waals surface area (Å²) >= 11 is 0. The molecule has 5 nitrogen and oxygen atoms in total. The molecule has 1 fully saturated rings. The van der Waals surface area contributed by atoms with Crippen LogP contribution in [-0.2, 0) is 21.8 Å². The van der Waals surface area contributed by atoms with E-state index in [4.69, 9.17) is 0 Å². The minimum absolute atomic E-state index is 0.0967. The number of rotatable bonds is 4. The minimum Gasteiger partial charge on any atom is -0.318 e. The summed E-state index contributed by atoms with van der Waals surface area (Å²) < 4.78 is 23.5. The van der Waals surface area contributed by atoms with Crippen molar-refractivity contribution in [3.05, 3.63) is 59.7 Å². The molecule has 1 heterocycles. The molecule has 2 aromatic rings. The summed E-state index contributed by atoms with van der Waals surface area (Å²) in [6.07, 6.45) is 1.17. The van der Waals surface area contributed by atoms with Crippen LogP contribution < -0.4 is 4.90 Å². The Morgan fingerprint density at radius 3 is 2.26 bits per heavy atom. The average Bonchev–Trinajstić information content (AvgIpc) is 2.95. The van der Waals surface area contributed by atoms with Gasteiger partial charge in [-0.2, -0.15) is 0 Å². The van der Waals surface area contributed by atoms with Gasteiger partial charge in [0.2, 0.25) is 0 Å². The molecule has 0 radical (unpaired) electrons. The second-order valence-corrected chi connectivity index (χ2v) is 10.1.